The second-order valence-electron chi connectivity index (χ2n) is 5.36. The minimum atomic E-state index is 0.467. The Morgan fingerprint density at radius 3 is 2.90 bits per heavy atom. The van der Waals surface area contributed by atoms with Gasteiger partial charge in [-0.3, -0.25) is 4.68 Å². The zero-order valence-corrected chi connectivity index (χ0v) is 13.7. The monoisotopic (exact) mass is 312 g/mol. The molecule has 0 N–H and O–H groups in total. The van der Waals surface area contributed by atoms with Gasteiger partial charge in [-0.25, -0.2) is 4.98 Å². The Morgan fingerprint density at radius 2 is 2.25 bits per heavy atom. The number of fused-ring (bicyclic) bond motifs is 1. The fourth-order valence-corrected chi connectivity index (χ4v) is 4.47. The van der Waals surface area contributed by atoms with E-state index in [1.807, 2.05) is 11.7 Å². The summed E-state index contributed by atoms with van der Waals surface area (Å²) in [6.45, 7) is 3.13. The van der Waals surface area contributed by atoms with Crippen LogP contribution in [0.3, 0.4) is 0 Å². The normalized spacial score (nSPS) is 19.9. The first-order valence-electron chi connectivity index (χ1n) is 7.33. The summed E-state index contributed by atoms with van der Waals surface area (Å²) in [5.41, 5.74) is 3.24. The van der Waals surface area contributed by atoms with Crippen molar-refractivity contribution in [2.75, 3.05) is 5.75 Å². The van der Waals surface area contributed by atoms with Crippen molar-refractivity contribution in [1.82, 2.24) is 19.3 Å². The first-order chi connectivity index (χ1) is 9.74. The van der Waals surface area contributed by atoms with Gasteiger partial charge in [0.05, 0.1) is 11.6 Å². The van der Waals surface area contributed by atoms with Crippen molar-refractivity contribution in [1.29, 1.82) is 0 Å². The Kier molecular flexibility index (Phi) is 4.26. The number of rotatable bonds is 4. The highest BCUT2D eigenvalue weighted by Gasteiger charge is 2.22. The van der Waals surface area contributed by atoms with Gasteiger partial charge in [0.15, 0.2) is 5.65 Å². The maximum absolute atomic E-state index is 6.11. The van der Waals surface area contributed by atoms with Crippen LogP contribution >= 0.6 is 23.4 Å². The average Bonchev–Trinajstić information content (AvgIpc) is 2.98. The molecule has 0 saturated carbocycles. The van der Waals surface area contributed by atoms with Crippen molar-refractivity contribution in [3.8, 4) is 0 Å². The predicted molar refractivity (Wildman–Crippen MR) is 85.5 cm³/mol. The van der Waals surface area contributed by atoms with E-state index in [0.29, 0.717) is 11.1 Å². The highest BCUT2D eigenvalue weighted by Crippen LogP contribution is 2.29. The second-order valence-corrected chi connectivity index (χ2v) is 7.03. The number of aryl methyl sites for hydroxylation is 2. The quantitative estimate of drug-likeness (QED) is 0.812. The van der Waals surface area contributed by atoms with Gasteiger partial charge in [0.2, 0.25) is 0 Å². The van der Waals surface area contributed by atoms with Crippen LogP contribution in [0.1, 0.15) is 37.7 Å². The molecule has 0 aromatic carbocycles. The third-order valence-corrected chi connectivity index (χ3v) is 5.60. The summed E-state index contributed by atoms with van der Waals surface area (Å²) >= 11 is 8.19. The SMILES string of the molecule is CCc1nn(C)c2c1nc(CCl)n2CC1CCCCS1. The molecule has 20 heavy (non-hydrogen) atoms. The molecule has 0 radical (unpaired) electrons. The van der Waals surface area contributed by atoms with Gasteiger partial charge in [-0.2, -0.15) is 16.9 Å². The van der Waals surface area contributed by atoms with E-state index in [1.165, 1.54) is 25.0 Å². The van der Waals surface area contributed by atoms with Crippen LogP contribution in [0.25, 0.3) is 11.2 Å². The van der Waals surface area contributed by atoms with E-state index in [0.717, 1.165) is 35.6 Å². The molecule has 2 aromatic rings. The molecule has 1 aliphatic heterocycles. The summed E-state index contributed by atoms with van der Waals surface area (Å²) in [6, 6.07) is 0. The van der Waals surface area contributed by atoms with E-state index in [1.54, 1.807) is 0 Å². The van der Waals surface area contributed by atoms with E-state index >= 15 is 0 Å². The largest absolute Gasteiger partial charge is 0.311 e. The van der Waals surface area contributed by atoms with Gasteiger partial charge in [-0.1, -0.05) is 13.3 Å². The molecular formula is C14H21ClN4S. The standard InChI is InChI=1S/C14H21ClN4S/c1-3-11-13-14(18(2)17-11)19(12(8-15)16-13)9-10-6-4-5-7-20-10/h10H,3-9H2,1-2H3. The van der Waals surface area contributed by atoms with E-state index in [2.05, 4.69) is 28.4 Å². The minimum Gasteiger partial charge on any atom is -0.311 e. The summed E-state index contributed by atoms with van der Waals surface area (Å²) in [5, 5.41) is 5.26. The molecule has 1 saturated heterocycles. The summed E-state index contributed by atoms with van der Waals surface area (Å²) < 4.78 is 4.25. The number of imidazole rings is 1. The number of halogens is 1. The highest BCUT2D eigenvalue weighted by molar-refractivity contribution is 7.99. The smallest absolute Gasteiger partial charge is 0.158 e. The molecule has 0 aliphatic carbocycles. The summed E-state index contributed by atoms with van der Waals surface area (Å²) in [4.78, 5) is 4.73. The van der Waals surface area contributed by atoms with E-state index in [4.69, 9.17) is 16.6 Å². The summed E-state index contributed by atoms with van der Waals surface area (Å²) in [6.07, 6.45) is 4.91. The Hall–Kier alpha value is -0.680. The van der Waals surface area contributed by atoms with Gasteiger partial charge in [0.1, 0.15) is 11.3 Å². The maximum Gasteiger partial charge on any atom is 0.158 e. The lowest BCUT2D eigenvalue weighted by Crippen LogP contribution is -2.19. The lowest BCUT2D eigenvalue weighted by molar-refractivity contribution is 0.571. The topological polar surface area (TPSA) is 35.6 Å². The lowest BCUT2D eigenvalue weighted by atomic mass is 10.2. The van der Waals surface area contributed by atoms with Crippen molar-refractivity contribution in [2.24, 2.45) is 7.05 Å². The zero-order valence-electron chi connectivity index (χ0n) is 12.1. The molecule has 1 fully saturated rings. The second kappa shape index (κ2) is 5.98. The van der Waals surface area contributed by atoms with Gasteiger partial charge in [0, 0.05) is 18.8 Å². The Labute approximate surface area is 128 Å². The molecule has 0 amide bonds. The molecule has 4 nitrogen and oxygen atoms in total. The fraction of sp³-hybridized carbons (Fsp3) is 0.714. The van der Waals surface area contributed by atoms with Gasteiger partial charge in [0.25, 0.3) is 0 Å². The fourth-order valence-electron chi connectivity index (χ4n) is 2.97. The minimum absolute atomic E-state index is 0.467. The third-order valence-electron chi connectivity index (χ3n) is 3.99. The van der Waals surface area contributed by atoms with Crippen LogP contribution in [-0.2, 0) is 25.9 Å². The number of aromatic nitrogens is 4. The molecule has 3 rings (SSSR count). The number of nitrogens with zero attached hydrogens (tertiary/aromatic N) is 4. The first kappa shape index (κ1) is 14.3. The number of alkyl halides is 1. The van der Waals surface area contributed by atoms with Crippen LogP contribution in [-0.4, -0.2) is 30.3 Å². The molecule has 1 aliphatic rings. The van der Waals surface area contributed by atoms with Crippen LogP contribution < -0.4 is 0 Å². The van der Waals surface area contributed by atoms with Crippen molar-refractivity contribution >= 4 is 34.5 Å². The molecule has 2 aromatic heterocycles. The maximum atomic E-state index is 6.11. The zero-order chi connectivity index (χ0) is 14.1. The van der Waals surface area contributed by atoms with Crippen molar-refractivity contribution in [2.45, 2.75) is 50.3 Å². The van der Waals surface area contributed by atoms with E-state index in [9.17, 15) is 0 Å². The van der Waals surface area contributed by atoms with Crippen LogP contribution in [0.4, 0.5) is 0 Å². The van der Waals surface area contributed by atoms with Gasteiger partial charge < -0.3 is 4.57 Å². The first-order valence-corrected chi connectivity index (χ1v) is 8.91. The Balaban J connectivity index is 2.00. The van der Waals surface area contributed by atoms with Crippen molar-refractivity contribution < 1.29 is 0 Å². The summed E-state index contributed by atoms with van der Waals surface area (Å²) in [5.74, 6) is 2.73. The molecule has 3 heterocycles. The highest BCUT2D eigenvalue weighted by atomic mass is 35.5. The molecule has 110 valence electrons. The molecule has 1 atom stereocenters. The Morgan fingerprint density at radius 1 is 1.40 bits per heavy atom. The number of thioether (sulfide) groups is 1. The lowest BCUT2D eigenvalue weighted by Gasteiger charge is -2.22. The molecular weight excluding hydrogens is 292 g/mol. The molecule has 0 spiro atoms. The molecule has 0 bridgehead atoms. The van der Waals surface area contributed by atoms with Crippen LogP contribution in [0.2, 0.25) is 0 Å². The van der Waals surface area contributed by atoms with Crippen molar-refractivity contribution in [3.05, 3.63) is 11.5 Å². The predicted octanol–water partition coefficient (Wildman–Crippen LogP) is 3.36. The van der Waals surface area contributed by atoms with Crippen LogP contribution in [0.5, 0.6) is 0 Å². The van der Waals surface area contributed by atoms with E-state index < -0.39 is 0 Å². The van der Waals surface area contributed by atoms with Crippen LogP contribution in [0, 0.1) is 0 Å². The average molecular weight is 313 g/mol. The van der Waals surface area contributed by atoms with Gasteiger partial charge in [-0.05, 0) is 25.0 Å². The third kappa shape index (κ3) is 2.46. The Bertz CT molecular complexity index is 598. The summed E-state index contributed by atoms with van der Waals surface area (Å²) in [7, 11) is 2.01. The van der Waals surface area contributed by atoms with Gasteiger partial charge >= 0.3 is 0 Å². The molecule has 1 unspecified atom stereocenters. The van der Waals surface area contributed by atoms with Crippen molar-refractivity contribution in [3.63, 3.8) is 0 Å². The van der Waals surface area contributed by atoms with Gasteiger partial charge in [-0.15, -0.1) is 11.6 Å². The number of hydrogen-bond donors (Lipinski definition) is 0. The molecule has 6 heteroatoms. The van der Waals surface area contributed by atoms with Crippen LogP contribution in [0.15, 0.2) is 0 Å². The number of hydrogen-bond acceptors (Lipinski definition) is 3. The van der Waals surface area contributed by atoms with E-state index in [-0.39, 0.29) is 0 Å².